The normalized spacial score (nSPS) is 40.8. The predicted molar refractivity (Wildman–Crippen MR) is 250 cm³/mol. The van der Waals surface area contributed by atoms with Crippen LogP contribution in [0.3, 0.4) is 0 Å². The quantitative estimate of drug-likeness (QED) is 0.142. The molecule has 0 bridgehead atoms. The van der Waals surface area contributed by atoms with Gasteiger partial charge in [-0.2, -0.15) is 9.59 Å². The molecule has 0 radical (unpaired) electrons. The molecule has 1 saturated heterocycles. The second-order valence-electron chi connectivity index (χ2n) is 24.9. The highest BCUT2D eigenvalue weighted by Crippen LogP contribution is 2.78. The van der Waals surface area contributed by atoms with Gasteiger partial charge < -0.3 is 23.8 Å². The average Bonchev–Trinajstić information content (AvgIpc) is 3.90. The van der Waals surface area contributed by atoms with Crippen molar-refractivity contribution < 1.29 is 38.1 Å². The third-order valence-electron chi connectivity index (χ3n) is 21.7. The fraction of sp³-hybridized carbons (Fsp3) is 0.839. The third kappa shape index (κ3) is 8.64. The van der Waals surface area contributed by atoms with Crippen molar-refractivity contribution in [2.45, 2.75) is 164 Å². The van der Waals surface area contributed by atoms with E-state index in [4.69, 9.17) is 28.5 Å². The molecule has 0 N–H and O–H groups in total. The first-order chi connectivity index (χ1) is 30.9. The Labute approximate surface area is 391 Å². The van der Waals surface area contributed by atoms with E-state index in [9.17, 15) is 9.59 Å². The van der Waals surface area contributed by atoms with Gasteiger partial charge in [0.2, 0.25) is 5.91 Å². The Morgan fingerprint density at radius 2 is 1.38 bits per heavy atom. The highest BCUT2D eigenvalue weighted by Gasteiger charge is 2.71. The molecule has 1 unspecified atom stereocenters. The first kappa shape index (κ1) is 48.9. The van der Waals surface area contributed by atoms with Gasteiger partial charge in [0.25, 0.3) is 0 Å². The van der Waals surface area contributed by atoms with E-state index in [0.29, 0.717) is 79.2 Å². The highest BCUT2D eigenvalue weighted by atomic mass is 16.5. The van der Waals surface area contributed by atoms with Gasteiger partial charge in [0.1, 0.15) is 6.10 Å². The van der Waals surface area contributed by atoms with Gasteiger partial charge in [0, 0.05) is 31.5 Å². The summed E-state index contributed by atoms with van der Waals surface area (Å²) < 4.78 is 23.6. The number of benzene rings is 1. The van der Waals surface area contributed by atoms with Crippen molar-refractivity contribution in [3.8, 4) is 0 Å². The number of likely N-dealkylation sites (tertiary alicyclic amines) is 1. The fourth-order valence-electron chi connectivity index (χ4n) is 17.3. The van der Waals surface area contributed by atoms with Crippen LogP contribution in [-0.2, 0) is 44.5 Å². The smallest absolute Gasteiger partial charge is 0.373 e. The molecule has 1 aromatic rings. The first-order valence-electron chi connectivity index (χ1n) is 26.1. The van der Waals surface area contributed by atoms with E-state index in [1.54, 1.807) is 7.11 Å². The van der Waals surface area contributed by atoms with Gasteiger partial charge in [0.05, 0.1) is 38.4 Å². The number of nitrogens with zero attached hydrogens (tertiary/aromatic N) is 1. The molecular formula is C56H85NO8. The number of esters is 1. The summed E-state index contributed by atoms with van der Waals surface area (Å²) in [5.74, 6) is 5.04. The number of amides is 1. The Hall–Kier alpha value is -2.58. The van der Waals surface area contributed by atoms with E-state index >= 15 is 0 Å². The minimum atomic E-state index is -0.0550. The van der Waals surface area contributed by atoms with E-state index in [-0.39, 0.29) is 63.2 Å². The van der Waals surface area contributed by atoms with Gasteiger partial charge in [0.15, 0.2) is 0 Å². The number of hydrogen-bond donors (Lipinski definition) is 0. The summed E-state index contributed by atoms with van der Waals surface area (Å²) in [7, 11) is 1.70. The lowest BCUT2D eigenvalue weighted by Crippen LogP contribution is -2.66. The van der Waals surface area contributed by atoms with Gasteiger partial charge in [-0.05, 0) is 170 Å². The summed E-state index contributed by atoms with van der Waals surface area (Å²) in [5, 5.41) is 0. The van der Waals surface area contributed by atoms with Gasteiger partial charge in [-0.15, -0.1) is 0 Å². The van der Waals surface area contributed by atoms with Crippen LogP contribution in [0.25, 0.3) is 0 Å². The molecule has 1 heterocycles. The van der Waals surface area contributed by atoms with Crippen LogP contribution in [0.4, 0.5) is 0 Å². The van der Waals surface area contributed by atoms with Crippen molar-refractivity contribution in [3.63, 3.8) is 0 Å². The average molecular weight is 900 g/mol. The summed E-state index contributed by atoms with van der Waals surface area (Å²) >= 11 is 0. The zero-order chi connectivity index (χ0) is 46.6. The van der Waals surface area contributed by atoms with Crippen LogP contribution < -0.4 is 0 Å². The molecule has 9 nitrogen and oxygen atoms in total. The number of fused-ring (bicyclic) bond motifs is 7. The second kappa shape index (κ2) is 18.7. The van der Waals surface area contributed by atoms with Gasteiger partial charge in [-0.3, -0.25) is 9.59 Å². The molecule has 8 aliphatic rings. The highest BCUT2D eigenvalue weighted by molar-refractivity contribution is 5.80. The number of ether oxygens (including phenoxy) is 4. The standard InChI is InChI=1S/C55H85NO6.CO2/c1-50(2)37(33-36-13-11-10-12-14-36)34-43(50)49(58)62-46-19-22-53(6)44(51(46,3)4)18-24-55(8)45(53)16-15-41-47-39(17-23-54(41,55)7)40(35-42(47)52(5)25-26-52)48(57)56-27-20-38(21-28-56)61-32-31-60-30-29-59-9;2-1-3/h10-14,37-47H,15-35H2,1-9H3;/t37-,39?,40-,41-,42-,43-,44+,45-,46+,47+,53+,54-,55-;/m1./s1. The zero-order valence-electron chi connectivity index (χ0n) is 41.8. The number of hydrogen-bond acceptors (Lipinski definition) is 8. The maximum absolute atomic E-state index is 14.7. The van der Waals surface area contributed by atoms with Crippen molar-refractivity contribution in [1.82, 2.24) is 4.90 Å². The van der Waals surface area contributed by atoms with Crippen molar-refractivity contribution in [3.05, 3.63) is 35.9 Å². The minimum absolute atomic E-state index is 0.0122. The van der Waals surface area contributed by atoms with E-state index in [1.165, 1.54) is 56.9 Å². The molecular weight excluding hydrogens is 815 g/mol. The van der Waals surface area contributed by atoms with E-state index in [2.05, 4.69) is 90.6 Å². The number of methoxy groups -OCH3 is 1. The van der Waals surface area contributed by atoms with E-state index in [1.807, 2.05) is 0 Å². The van der Waals surface area contributed by atoms with Gasteiger partial charge in [-0.25, -0.2) is 0 Å². The van der Waals surface area contributed by atoms with Crippen molar-refractivity contribution in [1.29, 1.82) is 0 Å². The van der Waals surface area contributed by atoms with Crippen molar-refractivity contribution in [2.24, 2.45) is 85.8 Å². The number of piperidine rings is 1. The second-order valence-corrected chi connectivity index (χ2v) is 24.9. The monoisotopic (exact) mass is 900 g/mol. The maximum atomic E-state index is 14.7. The molecule has 1 aliphatic heterocycles. The Kier molecular flexibility index (Phi) is 14.1. The molecule has 1 amide bonds. The SMILES string of the molecule is COCCOCCOC1CCN(C(=O)[C@@H]2C[C@@H](C3(C)CC3)[C@H]3C2CC[C@]2(C)[C@@H]3CC[C@@H]3[C@@]4(C)CC[C@H](OC(=O)[C@H]5C[C@@H](Cc6ccccc6)C5(C)C)C(C)(C)[C@@H]4CC[C@]32C)CC1.O=C=O. The molecule has 13 atom stereocenters. The molecule has 0 aromatic heterocycles. The maximum Gasteiger partial charge on any atom is 0.373 e. The van der Waals surface area contributed by atoms with Crippen molar-refractivity contribution >= 4 is 18.0 Å². The van der Waals surface area contributed by atoms with Crippen LogP contribution in [-0.4, -0.2) is 81.8 Å². The molecule has 65 heavy (non-hydrogen) atoms. The Morgan fingerprint density at radius 3 is 2.05 bits per heavy atom. The molecule has 7 aliphatic carbocycles. The molecule has 8 fully saturated rings. The van der Waals surface area contributed by atoms with Crippen LogP contribution >= 0.6 is 0 Å². The third-order valence-corrected chi connectivity index (χ3v) is 21.7. The molecule has 0 spiro atoms. The Bertz CT molecular complexity index is 1860. The van der Waals surface area contributed by atoms with Gasteiger partial charge >= 0.3 is 12.1 Å². The van der Waals surface area contributed by atoms with Crippen LogP contribution in [0.2, 0.25) is 0 Å². The zero-order valence-corrected chi connectivity index (χ0v) is 41.8. The lowest BCUT2D eigenvalue weighted by molar-refractivity contribution is -0.248. The minimum Gasteiger partial charge on any atom is -0.462 e. The van der Waals surface area contributed by atoms with Crippen LogP contribution in [0, 0.1) is 85.8 Å². The number of carbonyl (C=O) groups excluding carboxylic acids is 4. The summed E-state index contributed by atoms with van der Waals surface area (Å²) in [6, 6.07) is 10.8. The van der Waals surface area contributed by atoms with Crippen molar-refractivity contribution in [2.75, 3.05) is 46.6 Å². The first-order valence-corrected chi connectivity index (χ1v) is 26.1. The molecule has 9 rings (SSSR count). The number of carbonyl (C=O) groups is 2. The molecule has 1 aromatic carbocycles. The largest absolute Gasteiger partial charge is 0.462 e. The summed E-state index contributed by atoms with van der Waals surface area (Å²) in [4.78, 5) is 47.3. The van der Waals surface area contributed by atoms with Crippen LogP contribution in [0.5, 0.6) is 0 Å². The summed E-state index contributed by atoms with van der Waals surface area (Å²) in [5.41, 5.74) is 2.49. The predicted octanol–water partition coefficient (Wildman–Crippen LogP) is 10.6. The van der Waals surface area contributed by atoms with E-state index in [0.717, 1.165) is 58.0 Å². The van der Waals surface area contributed by atoms with Crippen LogP contribution in [0.1, 0.15) is 151 Å². The lowest BCUT2D eigenvalue weighted by atomic mass is 9.33. The Morgan fingerprint density at radius 1 is 0.708 bits per heavy atom. The summed E-state index contributed by atoms with van der Waals surface area (Å²) in [6.45, 7) is 24.4. The van der Waals surface area contributed by atoms with E-state index < -0.39 is 0 Å². The van der Waals surface area contributed by atoms with Crippen LogP contribution in [0.15, 0.2) is 30.3 Å². The Balaban J connectivity index is 0.00000187. The fourth-order valence-corrected chi connectivity index (χ4v) is 17.3. The molecule has 362 valence electrons. The topological polar surface area (TPSA) is 108 Å². The number of rotatable bonds is 13. The molecule has 7 saturated carbocycles. The molecule has 9 heteroatoms. The van der Waals surface area contributed by atoms with Gasteiger partial charge in [-0.1, -0.05) is 85.7 Å². The lowest BCUT2D eigenvalue weighted by Gasteiger charge is -2.72. The summed E-state index contributed by atoms with van der Waals surface area (Å²) in [6.07, 6.45) is 17.9.